The van der Waals surface area contributed by atoms with E-state index >= 15 is 0 Å². The summed E-state index contributed by atoms with van der Waals surface area (Å²) in [5.74, 6) is 2.83. The Morgan fingerprint density at radius 1 is 1.00 bits per heavy atom. The molecule has 0 aromatic carbocycles. The standard InChI is InChI=1S/C28H44N6O2/c1-17(2)22-10-5-6-15-33(22)28-32-25-23(34(28)16-20-13-11-18(3)12-14-20)24(30-26(31-25)27(35)36)29-19(4)21-8-7-9-21/h17-22H,5-16H2,1-4H3,(H,35,36)(H,29,30,31). The number of nitrogens with one attached hydrogen (secondary N) is 1. The number of rotatable bonds is 8. The van der Waals surface area contributed by atoms with Gasteiger partial charge in [-0.2, -0.15) is 4.98 Å². The van der Waals surface area contributed by atoms with E-state index in [1.807, 2.05) is 0 Å². The van der Waals surface area contributed by atoms with E-state index in [-0.39, 0.29) is 11.9 Å². The molecule has 2 aromatic heterocycles. The molecule has 2 saturated carbocycles. The molecular weight excluding hydrogens is 452 g/mol. The van der Waals surface area contributed by atoms with Crippen LogP contribution >= 0.6 is 0 Å². The highest BCUT2D eigenvalue weighted by Gasteiger charge is 2.33. The molecule has 2 aliphatic carbocycles. The summed E-state index contributed by atoms with van der Waals surface area (Å²) < 4.78 is 2.36. The van der Waals surface area contributed by atoms with Crippen molar-refractivity contribution in [1.82, 2.24) is 19.5 Å². The minimum atomic E-state index is -1.10. The van der Waals surface area contributed by atoms with Gasteiger partial charge in [0.15, 0.2) is 11.5 Å². The first-order valence-electron chi connectivity index (χ1n) is 14.4. The van der Waals surface area contributed by atoms with Crippen molar-refractivity contribution in [2.24, 2.45) is 23.7 Å². The number of carbonyl (C=O) groups is 1. The second kappa shape index (κ2) is 10.5. The van der Waals surface area contributed by atoms with E-state index in [4.69, 9.17) is 4.98 Å². The molecule has 8 heteroatoms. The van der Waals surface area contributed by atoms with Crippen molar-refractivity contribution < 1.29 is 9.90 Å². The Labute approximate surface area is 215 Å². The fourth-order valence-electron chi connectivity index (χ4n) is 6.56. The van der Waals surface area contributed by atoms with Gasteiger partial charge in [-0.1, -0.05) is 40.0 Å². The van der Waals surface area contributed by atoms with Gasteiger partial charge in [-0.25, -0.2) is 14.8 Å². The van der Waals surface area contributed by atoms with Crippen LogP contribution in [0.25, 0.3) is 11.2 Å². The molecule has 0 amide bonds. The molecule has 0 bridgehead atoms. The molecule has 1 aliphatic heterocycles. The molecule has 8 nitrogen and oxygen atoms in total. The molecular formula is C28H44N6O2. The van der Waals surface area contributed by atoms with Crippen LogP contribution in [0.4, 0.5) is 11.8 Å². The van der Waals surface area contributed by atoms with Gasteiger partial charge in [0.05, 0.1) is 0 Å². The average molecular weight is 497 g/mol. The lowest BCUT2D eigenvalue weighted by Gasteiger charge is -2.39. The summed E-state index contributed by atoms with van der Waals surface area (Å²) in [4.78, 5) is 28.6. The Morgan fingerprint density at radius 3 is 2.39 bits per heavy atom. The van der Waals surface area contributed by atoms with Gasteiger partial charge in [0.1, 0.15) is 5.52 Å². The fourth-order valence-corrected chi connectivity index (χ4v) is 6.56. The number of aromatic nitrogens is 4. The van der Waals surface area contributed by atoms with Crippen LogP contribution in [0.1, 0.15) is 103 Å². The first kappa shape index (κ1) is 25.3. The Balaban J connectivity index is 1.62. The first-order valence-corrected chi connectivity index (χ1v) is 14.4. The van der Waals surface area contributed by atoms with Crippen molar-refractivity contribution in [3.05, 3.63) is 5.82 Å². The second-order valence-corrected chi connectivity index (χ2v) is 12.1. The van der Waals surface area contributed by atoms with Crippen LogP contribution in [0.2, 0.25) is 0 Å². The van der Waals surface area contributed by atoms with Gasteiger partial charge >= 0.3 is 5.97 Å². The van der Waals surface area contributed by atoms with Crippen molar-refractivity contribution in [2.45, 2.75) is 111 Å². The Hall–Kier alpha value is -2.38. The lowest BCUT2D eigenvalue weighted by atomic mass is 9.80. The highest BCUT2D eigenvalue weighted by atomic mass is 16.4. The smallest absolute Gasteiger partial charge is 0.374 e. The van der Waals surface area contributed by atoms with E-state index in [9.17, 15) is 9.90 Å². The van der Waals surface area contributed by atoms with E-state index < -0.39 is 5.97 Å². The lowest BCUT2D eigenvalue weighted by molar-refractivity contribution is 0.0684. The van der Waals surface area contributed by atoms with E-state index in [0.29, 0.717) is 35.3 Å². The molecule has 2 N–H and O–H groups in total. The maximum atomic E-state index is 12.0. The normalized spacial score (nSPS) is 26.2. The van der Waals surface area contributed by atoms with Crippen LogP contribution in [0, 0.1) is 23.7 Å². The molecule has 2 atom stereocenters. The largest absolute Gasteiger partial charge is 0.475 e. The van der Waals surface area contributed by atoms with Crippen LogP contribution in [0.5, 0.6) is 0 Å². The first-order chi connectivity index (χ1) is 17.3. The summed E-state index contributed by atoms with van der Waals surface area (Å²) in [6, 6.07) is 0.664. The highest BCUT2D eigenvalue weighted by Crippen LogP contribution is 2.37. The fraction of sp³-hybridized carbons (Fsp3) is 0.786. The predicted octanol–water partition coefficient (Wildman–Crippen LogP) is 5.97. The van der Waals surface area contributed by atoms with Gasteiger partial charge in [-0.05, 0) is 75.5 Å². The summed E-state index contributed by atoms with van der Waals surface area (Å²) in [5.41, 5.74) is 1.39. The van der Waals surface area contributed by atoms with Gasteiger partial charge < -0.3 is 19.9 Å². The molecule has 0 spiro atoms. The van der Waals surface area contributed by atoms with Crippen molar-refractivity contribution in [2.75, 3.05) is 16.8 Å². The number of carboxylic acids is 1. The van der Waals surface area contributed by atoms with Gasteiger partial charge in [0, 0.05) is 25.2 Å². The van der Waals surface area contributed by atoms with E-state index in [1.54, 1.807) is 0 Å². The number of nitrogens with zero attached hydrogens (tertiary/aromatic N) is 5. The zero-order valence-electron chi connectivity index (χ0n) is 22.5. The SMILES string of the molecule is CC1CCC(Cn2c(N3CCCCC3C(C)C)nc3nc(C(=O)O)nc(NC(C)C4CCC4)c32)CC1. The number of fused-ring (bicyclic) bond motifs is 1. The maximum absolute atomic E-state index is 12.0. The summed E-state index contributed by atoms with van der Waals surface area (Å²) in [6.45, 7) is 11.0. The molecule has 0 radical (unpaired) electrons. The average Bonchev–Trinajstić information content (AvgIpc) is 3.17. The van der Waals surface area contributed by atoms with Crippen molar-refractivity contribution >= 4 is 28.9 Å². The van der Waals surface area contributed by atoms with Gasteiger partial charge in [0.2, 0.25) is 11.8 Å². The third-order valence-electron chi connectivity index (χ3n) is 9.15. The molecule has 2 unspecified atom stereocenters. The van der Waals surface area contributed by atoms with E-state index in [0.717, 1.165) is 43.3 Å². The minimum absolute atomic E-state index is 0.174. The number of carboxylic acid groups (broad SMARTS) is 1. The number of hydrogen-bond donors (Lipinski definition) is 2. The zero-order chi connectivity index (χ0) is 25.4. The molecule has 36 heavy (non-hydrogen) atoms. The number of aromatic carboxylic acids is 1. The van der Waals surface area contributed by atoms with Crippen molar-refractivity contribution in [3.8, 4) is 0 Å². The number of anilines is 2. The monoisotopic (exact) mass is 496 g/mol. The molecule has 1 saturated heterocycles. The van der Waals surface area contributed by atoms with Crippen molar-refractivity contribution in [3.63, 3.8) is 0 Å². The minimum Gasteiger partial charge on any atom is -0.475 e. The van der Waals surface area contributed by atoms with Crippen molar-refractivity contribution in [1.29, 1.82) is 0 Å². The van der Waals surface area contributed by atoms with Gasteiger partial charge in [-0.15, -0.1) is 0 Å². The third kappa shape index (κ3) is 5.05. The van der Waals surface area contributed by atoms with E-state index in [1.165, 1.54) is 51.4 Å². The molecule has 198 valence electrons. The Morgan fingerprint density at radius 2 is 1.75 bits per heavy atom. The van der Waals surface area contributed by atoms with Gasteiger partial charge in [0.25, 0.3) is 0 Å². The second-order valence-electron chi connectivity index (χ2n) is 12.1. The number of imidazole rings is 1. The number of piperidine rings is 1. The lowest BCUT2D eigenvalue weighted by Crippen LogP contribution is -2.44. The summed E-state index contributed by atoms with van der Waals surface area (Å²) in [5, 5.41) is 13.4. The quantitative estimate of drug-likeness (QED) is 0.465. The molecule has 2 aromatic rings. The summed E-state index contributed by atoms with van der Waals surface area (Å²) in [7, 11) is 0. The molecule has 3 heterocycles. The van der Waals surface area contributed by atoms with Crippen LogP contribution in [-0.2, 0) is 6.54 Å². The zero-order valence-corrected chi connectivity index (χ0v) is 22.5. The third-order valence-corrected chi connectivity index (χ3v) is 9.15. The Kier molecular flexibility index (Phi) is 7.40. The number of hydrogen-bond acceptors (Lipinski definition) is 6. The van der Waals surface area contributed by atoms with Crippen LogP contribution < -0.4 is 10.2 Å². The Bertz CT molecular complexity index is 1070. The summed E-state index contributed by atoms with van der Waals surface area (Å²) >= 11 is 0. The molecule has 3 aliphatic rings. The van der Waals surface area contributed by atoms with Crippen LogP contribution in [0.15, 0.2) is 0 Å². The van der Waals surface area contributed by atoms with Crippen LogP contribution in [0.3, 0.4) is 0 Å². The highest BCUT2D eigenvalue weighted by molar-refractivity contribution is 5.91. The predicted molar refractivity (Wildman–Crippen MR) is 144 cm³/mol. The maximum Gasteiger partial charge on any atom is 0.374 e. The van der Waals surface area contributed by atoms with Gasteiger partial charge in [-0.3, -0.25) is 0 Å². The molecule has 5 rings (SSSR count). The topological polar surface area (TPSA) is 96.2 Å². The van der Waals surface area contributed by atoms with E-state index in [2.05, 4.69) is 52.4 Å². The summed E-state index contributed by atoms with van der Waals surface area (Å²) in [6.07, 6.45) is 12.3. The molecule has 3 fully saturated rings. The van der Waals surface area contributed by atoms with Crippen LogP contribution in [-0.4, -0.2) is 49.2 Å².